The molecule has 2 fully saturated rings. The summed E-state index contributed by atoms with van der Waals surface area (Å²) in [6.45, 7) is 17.9. The number of aromatic nitrogens is 1. The Bertz CT molecular complexity index is 2290. The van der Waals surface area contributed by atoms with Gasteiger partial charge in [-0.15, -0.1) is 0 Å². The molecule has 0 spiro atoms. The van der Waals surface area contributed by atoms with Crippen molar-refractivity contribution < 1.29 is 33.4 Å². The van der Waals surface area contributed by atoms with Gasteiger partial charge in [0, 0.05) is 42.1 Å². The van der Waals surface area contributed by atoms with Crippen LogP contribution in [0.4, 0.5) is 15.3 Å². The maximum atomic E-state index is 13.2. The summed E-state index contributed by atoms with van der Waals surface area (Å²) in [4.78, 5) is 53.4. The van der Waals surface area contributed by atoms with Gasteiger partial charge in [-0.3, -0.25) is 14.9 Å². The average Bonchev–Trinajstić information content (AvgIpc) is 3.20. The number of hydrogen-bond acceptors (Lipinski definition) is 9. The molecular formula is C50H69N5O8Si. The molecule has 1 aromatic heterocycles. The van der Waals surface area contributed by atoms with Crippen LogP contribution >= 0.6 is 0 Å². The van der Waals surface area contributed by atoms with Crippen molar-refractivity contribution in [2.24, 2.45) is 5.92 Å². The van der Waals surface area contributed by atoms with Crippen LogP contribution in [0, 0.1) is 5.92 Å². The summed E-state index contributed by atoms with van der Waals surface area (Å²) < 4.78 is 18.2. The average molecular weight is 896 g/mol. The van der Waals surface area contributed by atoms with Gasteiger partial charge in [-0.2, -0.15) is 0 Å². The molecule has 346 valence electrons. The fraction of sp³-hybridized carbons (Fsp3) is 0.520. The van der Waals surface area contributed by atoms with E-state index in [0.717, 1.165) is 47.0 Å². The lowest BCUT2D eigenvalue weighted by Crippen LogP contribution is -2.48. The Morgan fingerprint density at radius 3 is 2.27 bits per heavy atom. The van der Waals surface area contributed by atoms with E-state index >= 15 is 0 Å². The molecule has 6 N–H and O–H groups in total. The fourth-order valence-electron chi connectivity index (χ4n) is 8.29. The molecule has 1 atom stereocenters. The standard InChI is InChI=1S/C50H69N5O8Si/c1-49(2,3)62-48(60)53-35-18-20-37(21-19-35)61-47(59)54-41-29-32(17-22-38(41)34-14-10-9-11-15-34)13-12-16-44(57)52-36-27-33(28-36)30-51-31-43(63-64(7,8)50(4,5)6)39-23-25-42(56)46-40(39)24-26-45(58)55-46/h9-11,14-15,17,22-26,29,33,35-37,43,51,56H,12-13,16,18-21,27-28,30-31H2,1-8H3,(H,52,57)(H,53,60)(H,54,59)(H,55,58)/t33?,35?,36?,37?,43-/m1/s1. The second-order valence-electron chi connectivity index (χ2n) is 20.2. The lowest BCUT2D eigenvalue weighted by Gasteiger charge is -2.40. The maximum Gasteiger partial charge on any atom is 0.411 e. The Kier molecular flexibility index (Phi) is 15.7. The highest BCUT2D eigenvalue weighted by atomic mass is 28.4. The van der Waals surface area contributed by atoms with E-state index in [2.05, 4.69) is 60.1 Å². The first-order chi connectivity index (χ1) is 30.2. The highest BCUT2D eigenvalue weighted by Gasteiger charge is 2.40. The molecule has 1 heterocycles. The number of phenols is 1. The van der Waals surface area contributed by atoms with Gasteiger partial charge in [-0.25, -0.2) is 9.59 Å². The third-order valence-electron chi connectivity index (χ3n) is 12.8. The number of aromatic amines is 1. The number of aryl methyl sites for hydroxylation is 1. The molecule has 0 saturated heterocycles. The summed E-state index contributed by atoms with van der Waals surface area (Å²) in [6, 6.07) is 22.8. The predicted octanol–water partition coefficient (Wildman–Crippen LogP) is 9.86. The van der Waals surface area contributed by atoms with Crippen molar-refractivity contribution in [3.05, 3.63) is 94.3 Å². The van der Waals surface area contributed by atoms with E-state index < -0.39 is 26.1 Å². The van der Waals surface area contributed by atoms with Crippen molar-refractivity contribution >= 4 is 43.0 Å². The minimum Gasteiger partial charge on any atom is -0.506 e. The van der Waals surface area contributed by atoms with Crippen molar-refractivity contribution in [2.75, 3.05) is 18.4 Å². The number of aromatic hydroxyl groups is 1. The van der Waals surface area contributed by atoms with Crippen LogP contribution in [0.1, 0.15) is 110 Å². The number of amides is 3. The van der Waals surface area contributed by atoms with Crippen LogP contribution in [0.5, 0.6) is 5.75 Å². The van der Waals surface area contributed by atoms with E-state index in [1.165, 1.54) is 6.07 Å². The van der Waals surface area contributed by atoms with Crippen molar-refractivity contribution in [2.45, 2.75) is 147 Å². The van der Waals surface area contributed by atoms with E-state index in [9.17, 15) is 24.3 Å². The second kappa shape index (κ2) is 20.8. The highest BCUT2D eigenvalue weighted by Crippen LogP contribution is 2.41. The molecule has 3 aromatic carbocycles. The summed E-state index contributed by atoms with van der Waals surface area (Å²) in [5.74, 6) is 0.485. The van der Waals surface area contributed by atoms with Crippen LogP contribution in [0.2, 0.25) is 18.1 Å². The van der Waals surface area contributed by atoms with Crippen molar-refractivity contribution in [3.8, 4) is 16.9 Å². The second-order valence-corrected chi connectivity index (χ2v) is 24.9. The number of carbonyl (C=O) groups is 3. The van der Waals surface area contributed by atoms with Crippen LogP contribution in [-0.4, -0.2) is 73.4 Å². The summed E-state index contributed by atoms with van der Waals surface area (Å²) in [5, 5.41) is 24.1. The molecule has 4 aromatic rings. The van der Waals surface area contributed by atoms with Crippen LogP contribution in [0.15, 0.2) is 77.6 Å². The van der Waals surface area contributed by atoms with Gasteiger partial charge in [0.25, 0.3) is 0 Å². The number of rotatable bonds is 16. The minimum atomic E-state index is -2.20. The Morgan fingerprint density at radius 2 is 1.58 bits per heavy atom. The van der Waals surface area contributed by atoms with Gasteiger partial charge in [0.2, 0.25) is 11.5 Å². The molecule has 2 aliphatic rings. The Balaban J connectivity index is 0.960. The minimum absolute atomic E-state index is 0.0124. The molecule has 13 nitrogen and oxygen atoms in total. The number of carbonyl (C=O) groups excluding carboxylic acids is 3. The van der Waals surface area contributed by atoms with Crippen molar-refractivity contribution in [1.29, 1.82) is 0 Å². The van der Waals surface area contributed by atoms with E-state index in [1.54, 1.807) is 12.1 Å². The highest BCUT2D eigenvalue weighted by molar-refractivity contribution is 6.74. The van der Waals surface area contributed by atoms with Crippen LogP contribution in [-0.2, 0) is 25.1 Å². The van der Waals surface area contributed by atoms with Gasteiger partial charge in [0.15, 0.2) is 8.32 Å². The van der Waals surface area contributed by atoms with E-state index in [-0.39, 0.29) is 46.5 Å². The van der Waals surface area contributed by atoms with Crippen LogP contribution in [0.25, 0.3) is 22.0 Å². The number of pyridine rings is 1. The van der Waals surface area contributed by atoms with Gasteiger partial charge < -0.3 is 39.9 Å². The van der Waals surface area contributed by atoms with Crippen LogP contribution in [0.3, 0.4) is 0 Å². The number of anilines is 1. The fourth-order valence-corrected chi connectivity index (χ4v) is 9.56. The number of H-pyrrole nitrogens is 1. The summed E-state index contributed by atoms with van der Waals surface area (Å²) in [6.07, 6.45) is 4.68. The SMILES string of the molecule is CC(C)(C)OC(=O)NC1CCC(OC(=O)Nc2cc(CCCC(=O)NC3CC(CNC[C@@H](O[Si](C)(C)C(C)(C)C)c4ccc(O)c5[nH]c(=O)ccc45)C3)ccc2-c2ccccc2)CC1. The van der Waals surface area contributed by atoms with E-state index in [0.29, 0.717) is 68.6 Å². The van der Waals surface area contributed by atoms with Crippen molar-refractivity contribution in [3.63, 3.8) is 0 Å². The molecular weight excluding hydrogens is 827 g/mol. The first-order valence-corrected chi connectivity index (χ1v) is 25.8. The molecule has 2 saturated carbocycles. The largest absolute Gasteiger partial charge is 0.506 e. The third-order valence-corrected chi connectivity index (χ3v) is 17.3. The Morgan fingerprint density at radius 1 is 0.859 bits per heavy atom. The molecule has 64 heavy (non-hydrogen) atoms. The van der Waals surface area contributed by atoms with Crippen LogP contribution < -0.4 is 26.8 Å². The molecule has 0 unspecified atom stereocenters. The van der Waals surface area contributed by atoms with E-state index in [1.807, 2.05) is 75.4 Å². The molecule has 3 amide bonds. The third kappa shape index (κ3) is 13.4. The summed E-state index contributed by atoms with van der Waals surface area (Å²) in [5.41, 5.74) is 4.00. The first kappa shape index (κ1) is 48.3. The number of benzene rings is 3. The molecule has 14 heteroatoms. The van der Waals surface area contributed by atoms with Gasteiger partial charge in [-0.1, -0.05) is 69.3 Å². The monoisotopic (exact) mass is 895 g/mol. The zero-order valence-electron chi connectivity index (χ0n) is 38.9. The smallest absolute Gasteiger partial charge is 0.411 e. The number of nitrogens with one attached hydrogen (secondary N) is 5. The van der Waals surface area contributed by atoms with Gasteiger partial charge in [0.05, 0.1) is 17.3 Å². The normalized spacial score (nSPS) is 19.6. The van der Waals surface area contributed by atoms with Gasteiger partial charge >= 0.3 is 12.2 Å². The quantitative estimate of drug-likeness (QED) is 0.0597. The summed E-state index contributed by atoms with van der Waals surface area (Å²) in [7, 11) is -2.20. The zero-order chi connectivity index (χ0) is 46.2. The zero-order valence-corrected chi connectivity index (χ0v) is 39.9. The number of ether oxygens (including phenoxy) is 2. The first-order valence-electron chi connectivity index (χ1n) is 22.9. The van der Waals surface area contributed by atoms with Gasteiger partial charge in [0.1, 0.15) is 17.5 Å². The Labute approximate surface area is 379 Å². The molecule has 0 aliphatic heterocycles. The topological polar surface area (TPSA) is 180 Å². The Hall–Kier alpha value is -5.18. The lowest BCUT2D eigenvalue weighted by molar-refractivity contribution is -0.122. The molecule has 0 radical (unpaired) electrons. The predicted molar refractivity (Wildman–Crippen MR) is 255 cm³/mol. The number of phenolic OH excluding ortho intramolecular Hbond substituents is 1. The molecule has 2 aliphatic carbocycles. The molecule has 6 rings (SSSR count). The van der Waals surface area contributed by atoms with Gasteiger partial charge in [-0.05, 0) is 138 Å². The molecule has 0 bridgehead atoms. The number of hydrogen-bond donors (Lipinski definition) is 6. The number of alkyl carbamates (subject to hydrolysis) is 1. The number of fused-ring (bicyclic) bond motifs is 1. The van der Waals surface area contributed by atoms with Crippen molar-refractivity contribution in [1.82, 2.24) is 20.9 Å². The summed E-state index contributed by atoms with van der Waals surface area (Å²) >= 11 is 0. The van der Waals surface area contributed by atoms with E-state index in [4.69, 9.17) is 13.9 Å². The lowest BCUT2D eigenvalue weighted by atomic mass is 9.80. The maximum absolute atomic E-state index is 13.2.